The molecule has 2 rings (SSSR count). The predicted molar refractivity (Wildman–Crippen MR) is 65.6 cm³/mol. The SMILES string of the molecule is CCc1ccc(C(Cl)c2cccnc2)s1. The molecule has 0 aliphatic rings. The number of aromatic nitrogens is 1. The van der Waals surface area contributed by atoms with Crippen LogP contribution in [0.3, 0.4) is 0 Å². The van der Waals surface area contributed by atoms with E-state index in [4.69, 9.17) is 11.6 Å². The lowest BCUT2D eigenvalue weighted by molar-refractivity contribution is 1.14. The number of pyridine rings is 1. The molecule has 0 spiro atoms. The van der Waals surface area contributed by atoms with Crippen LogP contribution in [0, 0.1) is 0 Å². The van der Waals surface area contributed by atoms with Crippen LogP contribution in [0.4, 0.5) is 0 Å². The average molecular weight is 238 g/mol. The van der Waals surface area contributed by atoms with Crippen LogP contribution in [-0.4, -0.2) is 4.98 Å². The number of thiophene rings is 1. The van der Waals surface area contributed by atoms with E-state index in [0.29, 0.717) is 0 Å². The van der Waals surface area contributed by atoms with Gasteiger partial charge in [0.15, 0.2) is 0 Å². The van der Waals surface area contributed by atoms with Crippen LogP contribution < -0.4 is 0 Å². The van der Waals surface area contributed by atoms with Gasteiger partial charge in [-0.15, -0.1) is 22.9 Å². The lowest BCUT2D eigenvalue weighted by atomic mass is 10.2. The van der Waals surface area contributed by atoms with Gasteiger partial charge in [-0.25, -0.2) is 0 Å². The van der Waals surface area contributed by atoms with E-state index < -0.39 is 0 Å². The van der Waals surface area contributed by atoms with Crippen molar-refractivity contribution in [3.05, 3.63) is 52.0 Å². The second-order valence-corrected chi connectivity index (χ2v) is 4.94. The number of alkyl halides is 1. The van der Waals surface area contributed by atoms with Crippen LogP contribution in [-0.2, 0) is 6.42 Å². The molecule has 0 radical (unpaired) electrons. The zero-order valence-corrected chi connectivity index (χ0v) is 10.1. The molecule has 1 nitrogen and oxygen atoms in total. The molecule has 0 bridgehead atoms. The van der Waals surface area contributed by atoms with Crippen molar-refractivity contribution in [1.29, 1.82) is 0 Å². The van der Waals surface area contributed by atoms with E-state index in [1.54, 1.807) is 17.5 Å². The maximum absolute atomic E-state index is 6.37. The number of rotatable bonds is 3. The molecule has 1 atom stereocenters. The molecule has 15 heavy (non-hydrogen) atoms. The van der Waals surface area contributed by atoms with E-state index in [2.05, 4.69) is 24.0 Å². The third-order valence-electron chi connectivity index (χ3n) is 2.26. The quantitative estimate of drug-likeness (QED) is 0.735. The Balaban J connectivity index is 2.24. The van der Waals surface area contributed by atoms with E-state index in [1.807, 2.05) is 18.3 Å². The summed E-state index contributed by atoms with van der Waals surface area (Å²) in [4.78, 5) is 6.65. The molecule has 0 aliphatic carbocycles. The Morgan fingerprint density at radius 3 is 2.87 bits per heavy atom. The van der Waals surface area contributed by atoms with Crippen molar-refractivity contribution in [1.82, 2.24) is 4.98 Å². The number of aryl methyl sites for hydroxylation is 1. The van der Waals surface area contributed by atoms with E-state index in [-0.39, 0.29) is 5.38 Å². The molecule has 2 aromatic heterocycles. The van der Waals surface area contributed by atoms with Gasteiger partial charge in [0.25, 0.3) is 0 Å². The van der Waals surface area contributed by atoms with Gasteiger partial charge in [0, 0.05) is 22.1 Å². The Morgan fingerprint density at radius 2 is 2.27 bits per heavy atom. The summed E-state index contributed by atoms with van der Waals surface area (Å²) in [6.45, 7) is 2.16. The average Bonchev–Trinajstić information content (AvgIpc) is 2.78. The third-order valence-corrected chi connectivity index (χ3v) is 4.17. The fraction of sp³-hybridized carbons (Fsp3) is 0.250. The summed E-state index contributed by atoms with van der Waals surface area (Å²) in [6, 6.07) is 8.18. The molecule has 2 heterocycles. The van der Waals surface area contributed by atoms with Gasteiger partial charge in [0.1, 0.15) is 0 Å². The smallest absolute Gasteiger partial charge is 0.0942 e. The van der Waals surface area contributed by atoms with E-state index in [0.717, 1.165) is 12.0 Å². The van der Waals surface area contributed by atoms with Gasteiger partial charge in [-0.2, -0.15) is 0 Å². The van der Waals surface area contributed by atoms with Gasteiger partial charge in [-0.1, -0.05) is 13.0 Å². The summed E-state index contributed by atoms with van der Waals surface area (Å²) < 4.78 is 0. The first kappa shape index (κ1) is 10.7. The van der Waals surface area contributed by atoms with Gasteiger partial charge in [-0.05, 0) is 30.2 Å². The fourth-order valence-corrected chi connectivity index (χ4v) is 2.71. The normalized spacial score (nSPS) is 12.7. The Kier molecular flexibility index (Phi) is 3.39. The molecule has 0 aromatic carbocycles. The summed E-state index contributed by atoms with van der Waals surface area (Å²) in [5.41, 5.74) is 1.06. The zero-order valence-electron chi connectivity index (χ0n) is 8.48. The summed E-state index contributed by atoms with van der Waals surface area (Å²) in [6.07, 6.45) is 4.66. The van der Waals surface area contributed by atoms with Crippen molar-refractivity contribution in [3.8, 4) is 0 Å². The molecule has 78 valence electrons. The van der Waals surface area contributed by atoms with Crippen molar-refractivity contribution in [2.24, 2.45) is 0 Å². The van der Waals surface area contributed by atoms with Crippen LogP contribution in [0.15, 0.2) is 36.7 Å². The molecule has 0 aliphatic heterocycles. The van der Waals surface area contributed by atoms with E-state index in [9.17, 15) is 0 Å². The number of hydrogen-bond acceptors (Lipinski definition) is 2. The topological polar surface area (TPSA) is 12.9 Å². The highest BCUT2D eigenvalue weighted by molar-refractivity contribution is 7.12. The minimum absolute atomic E-state index is 0.0657. The number of halogens is 1. The monoisotopic (exact) mass is 237 g/mol. The van der Waals surface area contributed by atoms with Crippen LogP contribution in [0.1, 0.15) is 27.6 Å². The zero-order chi connectivity index (χ0) is 10.7. The first-order valence-corrected chi connectivity index (χ1v) is 6.19. The maximum Gasteiger partial charge on any atom is 0.0942 e. The van der Waals surface area contributed by atoms with Crippen molar-refractivity contribution >= 4 is 22.9 Å². The highest BCUT2D eigenvalue weighted by Crippen LogP contribution is 2.33. The molecule has 2 aromatic rings. The maximum atomic E-state index is 6.37. The fourth-order valence-electron chi connectivity index (χ4n) is 1.41. The second kappa shape index (κ2) is 4.77. The highest BCUT2D eigenvalue weighted by atomic mass is 35.5. The molecule has 3 heteroatoms. The summed E-state index contributed by atoms with van der Waals surface area (Å²) in [7, 11) is 0. The highest BCUT2D eigenvalue weighted by Gasteiger charge is 2.12. The lowest BCUT2D eigenvalue weighted by Gasteiger charge is -2.05. The van der Waals surface area contributed by atoms with Gasteiger partial charge < -0.3 is 0 Å². The van der Waals surface area contributed by atoms with Gasteiger partial charge >= 0.3 is 0 Å². The van der Waals surface area contributed by atoms with Crippen LogP contribution in [0.2, 0.25) is 0 Å². The number of nitrogens with zero attached hydrogens (tertiary/aromatic N) is 1. The van der Waals surface area contributed by atoms with Gasteiger partial charge in [0.05, 0.1) is 5.38 Å². The van der Waals surface area contributed by atoms with Crippen molar-refractivity contribution in [3.63, 3.8) is 0 Å². The van der Waals surface area contributed by atoms with Crippen molar-refractivity contribution < 1.29 is 0 Å². The molecule has 0 saturated heterocycles. The first-order chi connectivity index (χ1) is 7.31. The molecular weight excluding hydrogens is 226 g/mol. The van der Waals surface area contributed by atoms with E-state index >= 15 is 0 Å². The standard InChI is InChI=1S/C12H12ClNS/c1-2-10-5-6-11(15-10)12(13)9-4-3-7-14-8-9/h3-8,12H,2H2,1H3. The van der Waals surface area contributed by atoms with Crippen LogP contribution in [0.25, 0.3) is 0 Å². The minimum Gasteiger partial charge on any atom is -0.264 e. The molecule has 0 N–H and O–H groups in total. The largest absolute Gasteiger partial charge is 0.264 e. The molecular formula is C12H12ClNS. The van der Waals surface area contributed by atoms with Crippen LogP contribution >= 0.6 is 22.9 Å². The van der Waals surface area contributed by atoms with Gasteiger partial charge in [-0.3, -0.25) is 4.98 Å². The van der Waals surface area contributed by atoms with Crippen molar-refractivity contribution in [2.45, 2.75) is 18.7 Å². The predicted octanol–water partition coefficient (Wildman–Crippen LogP) is 4.03. The second-order valence-electron chi connectivity index (χ2n) is 3.31. The Hall–Kier alpha value is -0.860. The van der Waals surface area contributed by atoms with Crippen molar-refractivity contribution in [2.75, 3.05) is 0 Å². The summed E-state index contributed by atoms with van der Waals surface area (Å²) in [5, 5.41) is -0.0657. The van der Waals surface area contributed by atoms with E-state index in [1.165, 1.54) is 9.75 Å². The first-order valence-electron chi connectivity index (χ1n) is 4.94. The Morgan fingerprint density at radius 1 is 1.40 bits per heavy atom. The number of hydrogen-bond donors (Lipinski definition) is 0. The molecule has 0 saturated carbocycles. The van der Waals surface area contributed by atoms with Crippen LogP contribution in [0.5, 0.6) is 0 Å². The summed E-state index contributed by atoms with van der Waals surface area (Å²) >= 11 is 8.15. The Bertz CT molecular complexity index is 424. The summed E-state index contributed by atoms with van der Waals surface area (Å²) in [5.74, 6) is 0. The molecule has 0 amide bonds. The minimum atomic E-state index is -0.0657. The Labute approximate surface area is 98.7 Å². The third kappa shape index (κ3) is 2.39. The molecule has 1 unspecified atom stereocenters. The lowest BCUT2D eigenvalue weighted by Crippen LogP contribution is -1.89. The molecule has 0 fully saturated rings. The van der Waals surface area contributed by atoms with Gasteiger partial charge in [0.2, 0.25) is 0 Å².